The Labute approximate surface area is 104 Å². The minimum absolute atomic E-state index is 0.0498. The van der Waals surface area contributed by atoms with Gasteiger partial charge < -0.3 is 19.7 Å². The van der Waals surface area contributed by atoms with Gasteiger partial charge in [0.1, 0.15) is 0 Å². The summed E-state index contributed by atoms with van der Waals surface area (Å²) in [5.74, 6) is -1.78. The maximum atomic E-state index is 10.8. The number of hydrogen-bond donors (Lipinski definition) is 2. The number of rotatable bonds is 6. The smallest absolute Gasteiger partial charge is 0.344 e. The molecule has 0 aliphatic rings. The molecular weight excluding hydrogens is 240 g/mol. The van der Waals surface area contributed by atoms with Gasteiger partial charge in [-0.05, 0) is 32.0 Å². The molecule has 1 unspecified atom stereocenters. The van der Waals surface area contributed by atoms with E-state index in [1.165, 1.54) is 25.1 Å². The highest BCUT2D eigenvalue weighted by molar-refractivity contribution is 5.88. The van der Waals surface area contributed by atoms with Gasteiger partial charge in [-0.1, -0.05) is 0 Å². The summed E-state index contributed by atoms with van der Waals surface area (Å²) in [5.41, 5.74) is 0.0498. The van der Waals surface area contributed by atoms with Gasteiger partial charge in [-0.3, -0.25) is 0 Å². The zero-order chi connectivity index (χ0) is 13.7. The van der Waals surface area contributed by atoms with Crippen molar-refractivity contribution >= 4 is 11.9 Å². The average Bonchev–Trinajstić information content (AvgIpc) is 2.31. The van der Waals surface area contributed by atoms with Gasteiger partial charge in [-0.15, -0.1) is 0 Å². The van der Waals surface area contributed by atoms with Gasteiger partial charge in [-0.25, -0.2) is 9.59 Å². The molecule has 0 spiro atoms. The van der Waals surface area contributed by atoms with Crippen LogP contribution in [0.15, 0.2) is 18.2 Å². The molecule has 1 aromatic carbocycles. The quantitative estimate of drug-likeness (QED) is 0.801. The van der Waals surface area contributed by atoms with Crippen LogP contribution in [0.25, 0.3) is 0 Å². The van der Waals surface area contributed by atoms with Crippen molar-refractivity contribution in [2.45, 2.75) is 20.0 Å². The largest absolute Gasteiger partial charge is 0.490 e. The molecule has 0 aliphatic carbocycles. The third kappa shape index (κ3) is 3.38. The molecule has 0 heterocycles. The number of hydrogen-bond acceptors (Lipinski definition) is 4. The summed E-state index contributed by atoms with van der Waals surface area (Å²) in [6.45, 7) is 3.43. The second-order valence-electron chi connectivity index (χ2n) is 3.50. The highest BCUT2D eigenvalue weighted by Crippen LogP contribution is 2.29. The van der Waals surface area contributed by atoms with Gasteiger partial charge >= 0.3 is 11.9 Å². The normalized spacial score (nSPS) is 11.7. The second kappa shape index (κ2) is 5.90. The first-order valence-electron chi connectivity index (χ1n) is 5.35. The zero-order valence-corrected chi connectivity index (χ0v) is 10.0. The van der Waals surface area contributed by atoms with Crippen molar-refractivity contribution in [3.8, 4) is 11.5 Å². The van der Waals surface area contributed by atoms with Crippen molar-refractivity contribution < 1.29 is 29.3 Å². The minimum atomic E-state index is -1.11. The molecule has 0 aromatic heterocycles. The molecular formula is C12H14O6. The van der Waals surface area contributed by atoms with Crippen molar-refractivity contribution in [3.63, 3.8) is 0 Å². The van der Waals surface area contributed by atoms with Crippen molar-refractivity contribution in [2.24, 2.45) is 0 Å². The summed E-state index contributed by atoms with van der Waals surface area (Å²) in [7, 11) is 0. The summed E-state index contributed by atoms with van der Waals surface area (Å²) in [5, 5.41) is 17.6. The Kier molecular flexibility index (Phi) is 4.53. The Bertz CT molecular complexity index is 454. The molecule has 1 rings (SSSR count). The number of aliphatic carboxylic acids is 1. The Morgan fingerprint density at radius 3 is 2.44 bits per heavy atom. The van der Waals surface area contributed by atoms with Gasteiger partial charge in [0, 0.05) is 0 Å². The number of aromatic carboxylic acids is 1. The summed E-state index contributed by atoms with van der Waals surface area (Å²) in [6, 6.07) is 4.01. The number of carboxylic acids is 2. The molecule has 0 saturated heterocycles. The molecule has 0 radical (unpaired) electrons. The fourth-order valence-electron chi connectivity index (χ4n) is 1.25. The lowest BCUT2D eigenvalue weighted by molar-refractivity contribution is -0.144. The van der Waals surface area contributed by atoms with Crippen LogP contribution >= 0.6 is 0 Å². The highest BCUT2D eigenvalue weighted by atomic mass is 16.5. The van der Waals surface area contributed by atoms with E-state index in [-0.39, 0.29) is 17.1 Å². The van der Waals surface area contributed by atoms with Crippen LogP contribution < -0.4 is 9.47 Å². The van der Waals surface area contributed by atoms with Crippen molar-refractivity contribution in [1.29, 1.82) is 0 Å². The molecule has 0 aliphatic heterocycles. The first kappa shape index (κ1) is 13.8. The summed E-state index contributed by atoms with van der Waals surface area (Å²) >= 11 is 0. The third-order valence-electron chi connectivity index (χ3n) is 2.14. The van der Waals surface area contributed by atoms with Gasteiger partial charge in [0.15, 0.2) is 17.6 Å². The van der Waals surface area contributed by atoms with Crippen molar-refractivity contribution in [2.75, 3.05) is 6.61 Å². The van der Waals surface area contributed by atoms with Crippen LogP contribution in [0.5, 0.6) is 11.5 Å². The average molecular weight is 254 g/mol. The van der Waals surface area contributed by atoms with Crippen molar-refractivity contribution in [1.82, 2.24) is 0 Å². The van der Waals surface area contributed by atoms with E-state index in [1.807, 2.05) is 0 Å². The minimum Gasteiger partial charge on any atom is -0.490 e. The Balaban J connectivity index is 3.03. The van der Waals surface area contributed by atoms with Crippen LogP contribution in [-0.4, -0.2) is 34.9 Å². The summed E-state index contributed by atoms with van der Waals surface area (Å²) in [4.78, 5) is 21.5. The van der Waals surface area contributed by atoms with Crippen LogP contribution in [0, 0.1) is 0 Å². The SMILES string of the molecule is CCOc1cc(C(=O)O)ccc1OC(C)C(=O)O. The van der Waals surface area contributed by atoms with E-state index in [0.29, 0.717) is 6.61 Å². The first-order chi connectivity index (χ1) is 8.45. The monoisotopic (exact) mass is 254 g/mol. The van der Waals surface area contributed by atoms with E-state index in [0.717, 1.165) is 0 Å². The first-order valence-corrected chi connectivity index (χ1v) is 5.35. The summed E-state index contributed by atoms with van der Waals surface area (Å²) < 4.78 is 10.4. The molecule has 6 nitrogen and oxygen atoms in total. The predicted octanol–water partition coefficient (Wildman–Crippen LogP) is 1.64. The van der Waals surface area contributed by atoms with E-state index >= 15 is 0 Å². The Morgan fingerprint density at radius 1 is 1.28 bits per heavy atom. The maximum Gasteiger partial charge on any atom is 0.344 e. The van der Waals surface area contributed by atoms with Gasteiger partial charge in [0.25, 0.3) is 0 Å². The fourth-order valence-corrected chi connectivity index (χ4v) is 1.25. The second-order valence-corrected chi connectivity index (χ2v) is 3.50. The molecule has 0 amide bonds. The number of carboxylic acid groups (broad SMARTS) is 2. The molecule has 0 fully saturated rings. The lowest BCUT2D eigenvalue weighted by Gasteiger charge is -2.14. The molecule has 2 N–H and O–H groups in total. The van der Waals surface area contributed by atoms with E-state index in [4.69, 9.17) is 19.7 Å². The summed E-state index contributed by atoms with van der Waals surface area (Å²) in [6.07, 6.45) is -1.04. The van der Waals surface area contributed by atoms with Crippen LogP contribution in [-0.2, 0) is 4.79 Å². The topological polar surface area (TPSA) is 93.1 Å². The number of ether oxygens (including phenoxy) is 2. The predicted molar refractivity (Wildman–Crippen MR) is 62.3 cm³/mol. The van der Waals surface area contributed by atoms with Crippen LogP contribution in [0.1, 0.15) is 24.2 Å². The number of benzene rings is 1. The Morgan fingerprint density at radius 2 is 1.94 bits per heavy atom. The standard InChI is InChI=1S/C12H14O6/c1-3-17-10-6-8(12(15)16)4-5-9(10)18-7(2)11(13)14/h4-7H,3H2,1-2H3,(H,13,14)(H,15,16). The lowest BCUT2D eigenvalue weighted by atomic mass is 10.2. The van der Waals surface area contributed by atoms with E-state index in [2.05, 4.69) is 0 Å². The van der Waals surface area contributed by atoms with E-state index in [1.54, 1.807) is 6.92 Å². The molecule has 18 heavy (non-hydrogen) atoms. The third-order valence-corrected chi connectivity index (χ3v) is 2.14. The van der Waals surface area contributed by atoms with Crippen LogP contribution in [0.3, 0.4) is 0 Å². The van der Waals surface area contributed by atoms with E-state index < -0.39 is 18.0 Å². The van der Waals surface area contributed by atoms with Gasteiger partial charge in [0.2, 0.25) is 0 Å². The Hall–Kier alpha value is -2.24. The maximum absolute atomic E-state index is 10.8. The molecule has 98 valence electrons. The van der Waals surface area contributed by atoms with Crippen LogP contribution in [0.2, 0.25) is 0 Å². The number of carbonyl (C=O) groups is 2. The van der Waals surface area contributed by atoms with Crippen molar-refractivity contribution in [3.05, 3.63) is 23.8 Å². The van der Waals surface area contributed by atoms with E-state index in [9.17, 15) is 9.59 Å². The molecule has 0 bridgehead atoms. The molecule has 1 aromatic rings. The molecule has 6 heteroatoms. The lowest BCUT2D eigenvalue weighted by Crippen LogP contribution is -2.23. The zero-order valence-electron chi connectivity index (χ0n) is 10.0. The molecule has 0 saturated carbocycles. The van der Waals surface area contributed by atoms with Gasteiger partial charge in [0.05, 0.1) is 12.2 Å². The van der Waals surface area contributed by atoms with Crippen LogP contribution in [0.4, 0.5) is 0 Å². The molecule has 1 atom stereocenters. The fraction of sp³-hybridized carbons (Fsp3) is 0.333. The van der Waals surface area contributed by atoms with Gasteiger partial charge in [-0.2, -0.15) is 0 Å². The highest BCUT2D eigenvalue weighted by Gasteiger charge is 2.17.